The van der Waals surface area contributed by atoms with Gasteiger partial charge in [-0.3, -0.25) is 0 Å². The summed E-state index contributed by atoms with van der Waals surface area (Å²) in [5, 5.41) is 12.2. The van der Waals surface area contributed by atoms with E-state index >= 15 is 0 Å². The molecule has 0 spiro atoms. The van der Waals surface area contributed by atoms with Crippen molar-refractivity contribution in [3.8, 4) is 6.07 Å². The van der Waals surface area contributed by atoms with Gasteiger partial charge in [0.2, 0.25) is 0 Å². The van der Waals surface area contributed by atoms with Crippen LogP contribution in [-0.2, 0) is 0 Å². The van der Waals surface area contributed by atoms with Gasteiger partial charge < -0.3 is 5.32 Å². The van der Waals surface area contributed by atoms with E-state index < -0.39 is 0 Å². The molecular weight excluding hydrogens is 276 g/mol. The first kappa shape index (κ1) is 12.6. The van der Waals surface area contributed by atoms with E-state index in [-0.39, 0.29) is 5.92 Å². The van der Waals surface area contributed by atoms with E-state index in [1.807, 2.05) is 6.92 Å². The van der Waals surface area contributed by atoms with Crippen molar-refractivity contribution in [2.24, 2.45) is 5.92 Å². The monoisotopic (exact) mass is 292 g/mol. The van der Waals surface area contributed by atoms with Crippen LogP contribution in [0.2, 0.25) is 0 Å². The number of nitriles is 1. The molecule has 2 nitrogen and oxygen atoms in total. The summed E-state index contributed by atoms with van der Waals surface area (Å²) in [6, 6.07) is 11.3. The SMILES string of the molecule is CC(C#N)CNC1CC(c2ccccc2Br)C1. The second-order valence-corrected chi connectivity index (χ2v) is 5.68. The van der Waals surface area contributed by atoms with Crippen LogP contribution in [0.3, 0.4) is 0 Å². The third-order valence-electron chi connectivity index (χ3n) is 3.42. The summed E-state index contributed by atoms with van der Waals surface area (Å²) in [6.07, 6.45) is 2.36. The zero-order valence-corrected chi connectivity index (χ0v) is 11.6. The van der Waals surface area contributed by atoms with Crippen LogP contribution in [0.4, 0.5) is 0 Å². The summed E-state index contributed by atoms with van der Waals surface area (Å²) in [5.74, 6) is 0.776. The molecule has 1 N–H and O–H groups in total. The Morgan fingerprint density at radius 2 is 2.18 bits per heavy atom. The lowest BCUT2D eigenvalue weighted by atomic mass is 9.76. The third-order valence-corrected chi connectivity index (χ3v) is 4.14. The Balaban J connectivity index is 1.80. The van der Waals surface area contributed by atoms with E-state index in [9.17, 15) is 0 Å². The molecule has 0 aromatic heterocycles. The van der Waals surface area contributed by atoms with Crippen LogP contribution in [0.5, 0.6) is 0 Å². The van der Waals surface area contributed by atoms with Gasteiger partial charge in [-0.1, -0.05) is 34.1 Å². The van der Waals surface area contributed by atoms with Gasteiger partial charge in [0, 0.05) is 17.1 Å². The van der Waals surface area contributed by atoms with Crippen molar-refractivity contribution in [1.29, 1.82) is 5.26 Å². The molecule has 1 unspecified atom stereocenters. The molecule has 3 heteroatoms. The van der Waals surface area contributed by atoms with E-state index in [1.165, 1.54) is 22.9 Å². The van der Waals surface area contributed by atoms with Crippen molar-refractivity contribution in [3.63, 3.8) is 0 Å². The highest BCUT2D eigenvalue weighted by Gasteiger charge is 2.30. The largest absolute Gasteiger partial charge is 0.313 e. The van der Waals surface area contributed by atoms with E-state index in [0.717, 1.165) is 6.54 Å². The Bertz CT molecular complexity index is 418. The number of hydrogen-bond acceptors (Lipinski definition) is 2. The maximum absolute atomic E-state index is 8.71. The topological polar surface area (TPSA) is 35.8 Å². The van der Waals surface area contributed by atoms with Crippen molar-refractivity contribution >= 4 is 15.9 Å². The summed E-state index contributed by atoms with van der Waals surface area (Å²) < 4.78 is 1.22. The van der Waals surface area contributed by atoms with Crippen molar-refractivity contribution in [3.05, 3.63) is 34.3 Å². The van der Waals surface area contributed by atoms with Gasteiger partial charge in [-0.2, -0.15) is 5.26 Å². The van der Waals surface area contributed by atoms with Gasteiger partial charge in [-0.05, 0) is 37.3 Å². The van der Waals surface area contributed by atoms with Crippen molar-refractivity contribution in [1.82, 2.24) is 5.32 Å². The van der Waals surface area contributed by atoms with Crippen LogP contribution in [0.1, 0.15) is 31.2 Å². The molecule has 1 aromatic carbocycles. The molecule has 0 bridgehead atoms. The normalized spacial score (nSPS) is 24.8. The first-order valence-corrected chi connectivity index (χ1v) is 6.87. The van der Waals surface area contributed by atoms with Gasteiger partial charge in [0.25, 0.3) is 0 Å². The van der Waals surface area contributed by atoms with Gasteiger partial charge in [-0.15, -0.1) is 0 Å². The standard InChI is InChI=1S/C14H17BrN2/c1-10(8-16)9-17-12-6-11(7-12)13-4-2-3-5-14(13)15/h2-5,10-12,17H,6-7,9H2,1H3. The highest BCUT2D eigenvalue weighted by atomic mass is 79.9. The van der Waals surface area contributed by atoms with Gasteiger partial charge in [0.15, 0.2) is 0 Å². The van der Waals surface area contributed by atoms with Crippen LogP contribution in [-0.4, -0.2) is 12.6 Å². The molecule has 1 aliphatic carbocycles. The maximum atomic E-state index is 8.71. The van der Waals surface area contributed by atoms with Gasteiger partial charge in [0.05, 0.1) is 12.0 Å². The van der Waals surface area contributed by atoms with Crippen molar-refractivity contribution in [2.45, 2.75) is 31.7 Å². The summed E-state index contributed by atoms with van der Waals surface area (Å²) in [5.41, 5.74) is 1.42. The number of nitrogens with one attached hydrogen (secondary N) is 1. The quantitative estimate of drug-likeness (QED) is 0.923. The fourth-order valence-corrected chi connectivity index (χ4v) is 2.84. The fourth-order valence-electron chi connectivity index (χ4n) is 2.23. The summed E-state index contributed by atoms with van der Waals surface area (Å²) in [4.78, 5) is 0. The lowest BCUT2D eigenvalue weighted by Crippen LogP contribution is -2.41. The van der Waals surface area contributed by atoms with Gasteiger partial charge >= 0.3 is 0 Å². The molecule has 0 amide bonds. The second-order valence-electron chi connectivity index (χ2n) is 4.83. The molecule has 1 saturated carbocycles. The Morgan fingerprint density at radius 1 is 1.47 bits per heavy atom. The molecule has 1 aromatic rings. The number of halogens is 1. The Kier molecular flexibility index (Phi) is 4.20. The third kappa shape index (κ3) is 3.08. The molecule has 0 radical (unpaired) electrons. The minimum absolute atomic E-state index is 0.109. The van der Waals surface area contributed by atoms with E-state index in [0.29, 0.717) is 12.0 Å². The lowest BCUT2D eigenvalue weighted by Gasteiger charge is -2.37. The number of rotatable bonds is 4. The maximum Gasteiger partial charge on any atom is 0.0666 e. The minimum Gasteiger partial charge on any atom is -0.313 e. The van der Waals surface area contributed by atoms with E-state index in [2.05, 4.69) is 51.6 Å². The predicted octanol–water partition coefficient (Wildman–Crippen LogP) is 3.44. The Labute approximate surface area is 111 Å². The van der Waals surface area contributed by atoms with Gasteiger partial charge in [0.1, 0.15) is 0 Å². The predicted molar refractivity (Wildman–Crippen MR) is 72.7 cm³/mol. The highest BCUT2D eigenvalue weighted by Crippen LogP contribution is 2.39. The highest BCUT2D eigenvalue weighted by molar-refractivity contribution is 9.10. The minimum atomic E-state index is 0.109. The fraction of sp³-hybridized carbons (Fsp3) is 0.500. The van der Waals surface area contributed by atoms with Crippen molar-refractivity contribution in [2.75, 3.05) is 6.54 Å². The first-order chi connectivity index (χ1) is 8.20. The van der Waals surface area contributed by atoms with Crippen LogP contribution in [0, 0.1) is 17.2 Å². The van der Waals surface area contributed by atoms with Crippen LogP contribution < -0.4 is 5.32 Å². The Hall–Kier alpha value is -0.850. The van der Waals surface area contributed by atoms with Gasteiger partial charge in [-0.25, -0.2) is 0 Å². The van der Waals surface area contributed by atoms with E-state index in [1.54, 1.807) is 0 Å². The molecule has 0 aliphatic heterocycles. The molecule has 0 heterocycles. The zero-order valence-electron chi connectivity index (χ0n) is 9.99. The average molecular weight is 293 g/mol. The van der Waals surface area contributed by atoms with Crippen LogP contribution in [0.15, 0.2) is 28.7 Å². The average Bonchev–Trinajstić information content (AvgIpc) is 2.28. The van der Waals surface area contributed by atoms with Crippen LogP contribution >= 0.6 is 15.9 Å². The second kappa shape index (κ2) is 5.66. The number of benzene rings is 1. The first-order valence-electron chi connectivity index (χ1n) is 6.08. The zero-order chi connectivity index (χ0) is 12.3. The smallest absolute Gasteiger partial charge is 0.0666 e. The Morgan fingerprint density at radius 3 is 2.82 bits per heavy atom. The molecule has 1 atom stereocenters. The number of hydrogen-bond donors (Lipinski definition) is 1. The number of nitrogens with zero attached hydrogens (tertiary/aromatic N) is 1. The summed E-state index contributed by atoms with van der Waals surface area (Å²) >= 11 is 3.60. The molecular formula is C14H17BrN2. The van der Waals surface area contributed by atoms with Crippen molar-refractivity contribution < 1.29 is 0 Å². The summed E-state index contributed by atoms with van der Waals surface area (Å²) in [6.45, 7) is 2.76. The molecule has 0 saturated heterocycles. The van der Waals surface area contributed by atoms with Crippen LogP contribution in [0.25, 0.3) is 0 Å². The summed E-state index contributed by atoms with van der Waals surface area (Å²) in [7, 11) is 0. The lowest BCUT2D eigenvalue weighted by molar-refractivity contribution is 0.285. The molecule has 90 valence electrons. The molecule has 1 fully saturated rings. The van der Waals surface area contributed by atoms with E-state index in [4.69, 9.17) is 5.26 Å². The molecule has 17 heavy (non-hydrogen) atoms. The molecule has 2 rings (SSSR count). The molecule has 1 aliphatic rings.